The molecule has 6 nitrogen and oxygen atoms in total. The van der Waals surface area contributed by atoms with Gasteiger partial charge in [-0.1, -0.05) is 18.2 Å². The molecule has 2 atom stereocenters. The molecule has 0 aromatic heterocycles. The summed E-state index contributed by atoms with van der Waals surface area (Å²) in [6.07, 6.45) is 4.48. The van der Waals surface area contributed by atoms with Crippen LogP contribution in [0.1, 0.15) is 53.4 Å². The third kappa shape index (κ3) is 8.12. The Labute approximate surface area is 191 Å². The molecule has 2 heterocycles. The molecule has 2 bridgehead atoms. The molecule has 2 fully saturated rings. The number of nitrogens with zero attached hydrogens (tertiary/aromatic N) is 1. The van der Waals surface area contributed by atoms with E-state index in [2.05, 4.69) is 19.4 Å². The molecule has 164 valence electrons. The number of para-hydroxylation sites is 1. The van der Waals surface area contributed by atoms with E-state index in [1.807, 2.05) is 51.1 Å². The largest absolute Gasteiger partial charge is 1.00 e. The lowest BCUT2D eigenvalue weighted by Gasteiger charge is -2.43. The lowest BCUT2D eigenvalue weighted by molar-refractivity contribution is -0.931. The monoisotopic (exact) mass is 518 g/mol. The standard InChI is InChI=1S/C11H20NO2.C11H15NO2.HI/c1-8(13)14-11-6-9-4-5-10(7-11)12(9,2)3;1-11(2,3)14-10(13)12-9-7-5-4-6-8-9;/h9-11H,4-7H2,1-3H3;4-8H,1-3H3,(H,12,13);1H/q+1;;/p-1. The number of halogens is 1. The first kappa shape index (κ1) is 25.7. The molecule has 0 saturated carbocycles. The number of esters is 1. The van der Waals surface area contributed by atoms with Crippen molar-refractivity contribution < 1.29 is 47.5 Å². The summed E-state index contributed by atoms with van der Waals surface area (Å²) in [5.74, 6) is -0.124. The fourth-order valence-corrected chi connectivity index (χ4v) is 4.10. The number of amides is 1. The maximum Gasteiger partial charge on any atom is 0.412 e. The average Bonchev–Trinajstić information content (AvgIpc) is 2.72. The highest BCUT2D eigenvalue weighted by Gasteiger charge is 2.49. The van der Waals surface area contributed by atoms with Crippen LogP contribution in [-0.2, 0) is 14.3 Å². The molecule has 2 saturated heterocycles. The number of ether oxygens (including phenoxy) is 2. The second-order valence-electron chi connectivity index (χ2n) is 9.21. The van der Waals surface area contributed by atoms with Crippen molar-refractivity contribution >= 4 is 17.7 Å². The van der Waals surface area contributed by atoms with Gasteiger partial charge in [-0.2, -0.15) is 0 Å². The smallest absolute Gasteiger partial charge is 0.412 e. The number of hydrogen-bond donors (Lipinski definition) is 1. The van der Waals surface area contributed by atoms with Crippen LogP contribution in [-0.4, -0.2) is 54.4 Å². The number of benzene rings is 1. The molecule has 0 radical (unpaired) electrons. The van der Waals surface area contributed by atoms with Crippen molar-refractivity contribution in [2.45, 2.75) is 77.2 Å². The van der Waals surface area contributed by atoms with Crippen LogP contribution in [0.4, 0.5) is 10.5 Å². The van der Waals surface area contributed by atoms with Gasteiger partial charge in [-0.25, -0.2) is 4.79 Å². The van der Waals surface area contributed by atoms with E-state index >= 15 is 0 Å². The van der Waals surface area contributed by atoms with Gasteiger partial charge in [0.25, 0.3) is 0 Å². The highest BCUT2D eigenvalue weighted by Crippen LogP contribution is 2.40. The summed E-state index contributed by atoms with van der Waals surface area (Å²) in [5, 5.41) is 2.64. The second kappa shape index (κ2) is 10.6. The van der Waals surface area contributed by atoms with Crippen LogP contribution in [0.2, 0.25) is 0 Å². The Balaban J connectivity index is 0.000000280. The first-order chi connectivity index (χ1) is 13.0. The van der Waals surface area contributed by atoms with E-state index in [1.54, 1.807) is 0 Å². The molecular formula is C22H35IN2O4. The zero-order chi connectivity index (χ0) is 20.9. The van der Waals surface area contributed by atoms with Crippen molar-refractivity contribution in [1.29, 1.82) is 0 Å². The van der Waals surface area contributed by atoms with Gasteiger partial charge in [0.2, 0.25) is 0 Å². The van der Waals surface area contributed by atoms with Gasteiger partial charge in [-0.15, -0.1) is 0 Å². The van der Waals surface area contributed by atoms with Gasteiger partial charge in [-0.05, 0) is 32.9 Å². The van der Waals surface area contributed by atoms with Crippen LogP contribution in [0.25, 0.3) is 0 Å². The summed E-state index contributed by atoms with van der Waals surface area (Å²) in [7, 11) is 4.62. The van der Waals surface area contributed by atoms with Crippen LogP contribution in [0.15, 0.2) is 30.3 Å². The number of quaternary nitrogens is 1. The molecule has 29 heavy (non-hydrogen) atoms. The number of nitrogens with one attached hydrogen (secondary N) is 1. The van der Waals surface area contributed by atoms with Gasteiger partial charge >= 0.3 is 12.1 Å². The third-order valence-corrected chi connectivity index (χ3v) is 5.54. The average molecular weight is 518 g/mol. The number of rotatable bonds is 2. The van der Waals surface area contributed by atoms with Crippen molar-refractivity contribution in [2.75, 3.05) is 19.4 Å². The molecule has 0 spiro atoms. The summed E-state index contributed by atoms with van der Waals surface area (Å²) in [6, 6.07) is 10.6. The molecule has 1 aromatic carbocycles. The van der Waals surface area contributed by atoms with E-state index in [1.165, 1.54) is 19.8 Å². The summed E-state index contributed by atoms with van der Waals surface area (Å²) < 4.78 is 11.5. The first-order valence-electron chi connectivity index (χ1n) is 10.0. The van der Waals surface area contributed by atoms with Crippen molar-refractivity contribution in [3.05, 3.63) is 30.3 Å². The second-order valence-corrected chi connectivity index (χ2v) is 9.21. The zero-order valence-electron chi connectivity index (χ0n) is 18.4. The summed E-state index contributed by atoms with van der Waals surface area (Å²) in [4.78, 5) is 22.2. The van der Waals surface area contributed by atoms with Gasteiger partial charge in [-0.3, -0.25) is 10.1 Å². The van der Waals surface area contributed by atoms with E-state index < -0.39 is 11.7 Å². The quantitative estimate of drug-likeness (QED) is 0.365. The number of anilines is 1. The zero-order valence-corrected chi connectivity index (χ0v) is 20.6. The minimum Gasteiger partial charge on any atom is -1.00 e. The van der Waals surface area contributed by atoms with E-state index in [4.69, 9.17) is 9.47 Å². The van der Waals surface area contributed by atoms with Gasteiger partial charge in [0.15, 0.2) is 0 Å². The van der Waals surface area contributed by atoms with E-state index in [0.29, 0.717) is 12.1 Å². The van der Waals surface area contributed by atoms with Crippen molar-refractivity contribution in [1.82, 2.24) is 0 Å². The van der Waals surface area contributed by atoms with Crippen molar-refractivity contribution in [3.8, 4) is 0 Å². The number of hydrogen-bond acceptors (Lipinski definition) is 4. The van der Waals surface area contributed by atoms with E-state index in [9.17, 15) is 9.59 Å². The molecule has 2 aliphatic heterocycles. The molecule has 3 rings (SSSR count). The minimum absolute atomic E-state index is 0. The van der Waals surface area contributed by atoms with E-state index in [0.717, 1.165) is 23.0 Å². The number of fused-ring (bicyclic) bond motifs is 2. The Morgan fingerprint density at radius 3 is 2.00 bits per heavy atom. The predicted octanol–water partition coefficient (Wildman–Crippen LogP) is 1.36. The Morgan fingerprint density at radius 2 is 1.55 bits per heavy atom. The predicted molar refractivity (Wildman–Crippen MR) is 110 cm³/mol. The van der Waals surface area contributed by atoms with Crippen LogP contribution >= 0.6 is 0 Å². The van der Waals surface area contributed by atoms with Gasteiger partial charge in [0.1, 0.15) is 11.7 Å². The highest BCUT2D eigenvalue weighted by molar-refractivity contribution is 5.84. The van der Waals surface area contributed by atoms with Crippen molar-refractivity contribution in [3.63, 3.8) is 0 Å². The Hall–Kier alpha value is -1.35. The fraction of sp³-hybridized carbons (Fsp3) is 0.636. The maximum atomic E-state index is 11.3. The Morgan fingerprint density at radius 1 is 1.03 bits per heavy atom. The van der Waals surface area contributed by atoms with Crippen LogP contribution in [0.5, 0.6) is 0 Å². The van der Waals surface area contributed by atoms with Gasteiger partial charge in [0.05, 0.1) is 26.2 Å². The SMILES string of the molecule is CC(=O)OC1CC2CCC(C1)[N+]2(C)C.CC(C)(C)OC(=O)Nc1ccccc1.[I-]. The lowest BCUT2D eigenvalue weighted by Crippen LogP contribution is -3.00. The summed E-state index contributed by atoms with van der Waals surface area (Å²) >= 11 is 0. The topological polar surface area (TPSA) is 64.6 Å². The molecule has 0 aliphatic carbocycles. The third-order valence-electron chi connectivity index (χ3n) is 5.54. The molecule has 2 aliphatic rings. The fourth-order valence-electron chi connectivity index (χ4n) is 4.10. The molecule has 1 aromatic rings. The molecular weight excluding hydrogens is 483 g/mol. The summed E-state index contributed by atoms with van der Waals surface area (Å²) in [5.41, 5.74) is 0.278. The van der Waals surface area contributed by atoms with Crippen LogP contribution in [0.3, 0.4) is 0 Å². The van der Waals surface area contributed by atoms with Gasteiger partial charge in [0, 0.05) is 38.3 Å². The molecule has 7 heteroatoms. The molecule has 2 unspecified atom stereocenters. The normalized spacial score (nSPS) is 24.3. The molecule has 1 N–H and O–H groups in total. The maximum absolute atomic E-state index is 11.3. The van der Waals surface area contributed by atoms with Gasteiger partial charge < -0.3 is 37.9 Å². The lowest BCUT2D eigenvalue weighted by atomic mass is 9.98. The number of carbonyl (C=O) groups excluding carboxylic acids is 2. The Bertz CT molecular complexity index is 657. The molecule has 1 amide bonds. The van der Waals surface area contributed by atoms with E-state index in [-0.39, 0.29) is 36.0 Å². The summed E-state index contributed by atoms with van der Waals surface area (Å²) in [6.45, 7) is 7.00. The van der Waals surface area contributed by atoms with Crippen molar-refractivity contribution in [2.24, 2.45) is 0 Å². The highest BCUT2D eigenvalue weighted by atomic mass is 127. The minimum atomic E-state index is -0.459. The van der Waals surface area contributed by atoms with Crippen LogP contribution in [0, 0.1) is 0 Å². The first-order valence-corrected chi connectivity index (χ1v) is 10.0. The Kier molecular flexibility index (Phi) is 9.40. The number of piperidine rings is 1. The number of carbonyl (C=O) groups is 2. The van der Waals surface area contributed by atoms with Crippen LogP contribution < -0.4 is 29.3 Å².